The van der Waals surface area contributed by atoms with Crippen molar-refractivity contribution in [2.75, 3.05) is 7.11 Å². The topological polar surface area (TPSA) is 55.5 Å². The summed E-state index contributed by atoms with van der Waals surface area (Å²) >= 11 is 0. The van der Waals surface area contributed by atoms with Gasteiger partial charge in [0.15, 0.2) is 5.76 Å². The Kier molecular flexibility index (Phi) is 2.37. The van der Waals surface area contributed by atoms with Gasteiger partial charge in [0.25, 0.3) is 0 Å². The lowest BCUT2D eigenvalue weighted by Crippen LogP contribution is -2.04. The average molecular weight is 231 g/mol. The Bertz CT molecular complexity index is 560. The molecule has 0 aliphatic heterocycles. The zero-order valence-corrected chi connectivity index (χ0v) is 9.56. The van der Waals surface area contributed by atoms with Crippen molar-refractivity contribution in [3.8, 4) is 17.1 Å². The molecule has 0 saturated carbocycles. The van der Waals surface area contributed by atoms with Gasteiger partial charge in [0.2, 0.25) is 0 Å². The number of rotatable bonds is 2. The first-order valence-electron chi connectivity index (χ1n) is 5.59. The zero-order valence-electron chi connectivity index (χ0n) is 9.56. The maximum absolute atomic E-state index is 9.17. The van der Waals surface area contributed by atoms with Gasteiger partial charge in [-0.25, -0.2) is 0 Å². The predicted molar refractivity (Wildman–Crippen MR) is 61.8 cm³/mol. The standard InChI is InChI=1S/C13H13NO3/c1-16-9-3-5-10-8(6-9)2-4-11-12(7-15)14-17-13(10)11/h3,5-6,15H,2,4,7H2,1H3. The van der Waals surface area contributed by atoms with E-state index in [0.717, 1.165) is 35.5 Å². The summed E-state index contributed by atoms with van der Waals surface area (Å²) in [6.45, 7) is -0.0652. The highest BCUT2D eigenvalue weighted by atomic mass is 16.5. The highest BCUT2D eigenvalue weighted by molar-refractivity contribution is 5.69. The molecule has 1 heterocycles. The van der Waals surface area contributed by atoms with Crippen LogP contribution >= 0.6 is 0 Å². The Morgan fingerprint density at radius 1 is 1.41 bits per heavy atom. The molecule has 0 amide bonds. The fourth-order valence-electron chi connectivity index (χ4n) is 2.32. The average Bonchev–Trinajstić information content (AvgIpc) is 2.81. The van der Waals surface area contributed by atoms with Gasteiger partial charge in [-0.2, -0.15) is 0 Å². The molecular weight excluding hydrogens is 218 g/mol. The smallest absolute Gasteiger partial charge is 0.170 e. The molecular formula is C13H13NO3. The van der Waals surface area contributed by atoms with Gasteiger partial charge >= 0.3 is 0 Å². The van der Waals surface area contributed by atoms with E-state index in [1.165, 1.54) is 5.56 Å². The zero-order chi connectivity index (χ0) is 11.8. The lowest BCUT2D eigenvalue weighted by Gasteiger charge is -2.15. The second kappa shape index (κ2) is 3.89. The highest BCUT2D eigenvalue weighted by Gasteiger charge is 2.24. The second-order valence-electron chi connectivity index (χ2n) is 4.12. The van der Waals surface area contributed by atoms with Crippen molar-refractivity contribution in [2.45, 2.75) is 19.4 Å². The van der Waals surface area contributed by atoms with Crippen LogP contribution in [0.5, 0.6) is 5.75 Å². The predicted octanol–water partition coefficient (Wildman–Crippen LogP) is 1.94. The molecule has 17 heavy (non-hydrogen) atoms. The minimum Gasteiger partial charge on any atom is -0.497 e. The summed E-state index contributed by atoms with van der Waals surface area (Å²) in [5, 5.41) is 13.1. The third-order valence-electron chi connectivity index (χ3n) is 3.22. The first kappa shape index (κ1) is 10.4. The summed E-state index contributed by atoms with van der Waals surface area (Å²) in [5.41, 5.74) is 3.95. The molecule has 3 rings (SSSR count). The number of nitrogens with zero attached hydrogens (tertiary/aromatic N) is 1. The highest BCUT2D eigenvalue weighted by Crippen LogP contribution is 2.36. The van der Waals surface area contributed by atoms with E-state index < -0.39 is 0 Å². The van der Waals surface area contributed by atoms with E-state index in [4.69, 9.17) is 9.26 Å². The van der Waals surface area contributed by atoms with Gasteiger partial charge in [-0.15, -0.1) is 0 Å². The van der Waals surface area contributed by atoms with E-state index in [-0.39, 0.29) is 6.61 Å². The number of aliphatic hydroxyl groups is 1. The minimum absolute atomic E-state index is 0.0652. The summed E-state index contributed by atoms with van der Waals surface area (Å²) in [6, 6.07) is 5.92. The number of aryl methyl sites for hydroxylation is 1. The molecule has 1 aliphatic carbocycles. The lowest BCUT2D eigenvalue weighted by atomic mass is 9.89. The summed E-state index contributed by atoms with van der Waals surface area (Å²) in [4.78, 5) is 0. The van der Waals surface area contributed by atoms with Crippen LogP contribution in [-0.2, 0) is 19.4 Å². The number of hydrogen-bond acceptors (Lipinski definition) is 4. The Hall–Kier alpha value is -1.81. The molecule has 0 atom stereocenters. The summed E-state index contributed by atoms with van der Waals surface area (Å²) in [7, 11) is 1.66. The van der Waals surface area contributed by atoms with Crippen LogP contribution in [0.1, 0.15) is 16.8 Å². The molecule has 0 spiro atoms. The fraction of sp³-hybridized carbons (Fsp3) is 0.308. The van der Waals surface area contributed by atoms with Gasteiger partial charge in [-0.1, -0.05) is 5.16 Å². The normalized spacial score (nSPS) is 13.1. The van der Waals surface area contributed by atoms with Gasteiger partial charge in [-0.05, 0) is 36.6 Å². The molecule has 1 aromatic heterocycles. The maximum Gasteiger partial charge on any atom is 0.170 e. The number of aliphatic hydroxyl groups excluding tert-OH is 1. The third kappa shape index (κ3) is 1.52. The molecule has 0 unspecified atom stereocenters. The van der Waals surface area contributed by atoms with Crippen molar-refractivity contribution in [1.82, 2.24) is 5.16 Å². The van der Waals surface area contributed by atoms with Gasteiger partial charge in [0.1, 0.15) is 11.4 Å². The van der Waals surface area contributed by atoms with Crippen molar-refractivity contribution < 1.29 is 14.4 Å². The number of benzene rings is 1. The Labute approximate surface area is 98.8 Å². The molecule has 0 bridgehead atoms. The Balaban J connectivity index is 2.14. The number of fused-ring (bicyclic) bond motifs is 3. The van der Waals surface area contributed by atoms with Crippen molar-refractivity contribution in [3.05, 3.63) is 35.0 Å². The van der Waals surface area contributed by atoms with Crippen molar-refractivity contribution in [1.29, 1.82) is 0 Å². The van der Waals surface area contributed by atoms with Crippen LogP contribution in [-0.4, -0.2) is 17.4 Å². The Morgan fingerprint density at radius 3 is 3.06 bits per heavy atom. The largest absolute Gasteiger partial charge is 0.497 e. The maximum atomic E-state index is 9.17. The minimum atomic E-state index is -0.0652. The first-order chi connectivity index (χ1) is 8.33. The van der Waals surface area contributed by atoms with E-state index >= 15 is 0 Å². The van der Waals surface area contributed by atoms with Gasteiger partial charge in [-0.3, -0.25) is 0 Å². The second-order valence-corrected chi connectivity index (χ2v) is 4.12. The van der Waals surface area contributed by atoms with Crippen LogP contribution in [0.25, 0.3) is 11.3 Å². The molecule has 1 aromatic carbocycles. The van der Waals surface area contributed by atoms with E-state index in [9.17, 15) is 5.11 Å². The van der Waals surface area contributed by atoms with Crippen LogP contribution in [0.4, 0.5) is 0 Å². The fourth-order valence-corrected chi connectivity index (χ4v) is 2.32. The third-order valence-corrected chi connectivity index (χ3v) is 3.22. The number of methoxy groups -OCH3 is 1. The summed E-state index contributed by atoms with van der Waals surface area (Å²) < 4.78 is 10.5. The quantitative estimate of drug-likeness (QED) is 0.858. The monoisotopic (exact) mass is 231 g/mol. The molecule has 4 heteroatoms. The van der Waals surface area contributed by atoms with Gasteiger partial charge < -0.3 is 14.4 Å². The number of aromatic nitrogens is 1. The number of ether oxygens (including phenoxy) is 1. The molecule has 4 nitrogen and oxygen atoms in total. The molecule has 0 radical (unpaired) electrons. The van der Waals surface area contributed by atoms with Crippen LogP contribution in [0.15, 0.2) is 22.7 Å². The van der Waals surface area contributed by atoms with Crippen LogP contribution < -0.4 is 4.74 Å². The lowest BCUT2D eigenvalue weighted by molar-refractivity contribution is 0.266. The van der Waals surface area contributed by atoms with Crippen LogP contribution in [0.3, 0.4) is 0 Å². The van der Waals surface area contributed by atoms with Crippen molar-refractivity contribution >= 4 is 0 Å². The van der Waals surface area contributed by atoms with E-state index in [2.05, 4.69) is 5.16 Å². The van der Waals surface area contributed by atoms with Crippen LogP contribution in [0, 0.1) is 0 Å². The molecule has 1 N–H and O–H groups in total. The van der Waals surface area contributed by atoms with E-state index in [1.54, 1.807) is 7.11 Å². The van der Waals surface area contributed by atoms with Gasteiger partial charge in [0, 0.05) is 11.1 Å². The molecule has 0 fully saturated rings. The van der Waals surface area contributed by atoms with Crippen molar-refractivity contribution in [2.24, 2.45) is 0 Å². The SMILES string of the molecule is COc1ccc2c(c1)CCc1c(CO)noc1-2. The molecule has 1 aliphatic rings. The van der Waals surface area contributed by atoms with E-state index in [1.807, 2.05) is 18.2 Å². The molecule has 0 saturated heterocycles. The first-order valence-corrected chi connectivity index (χ1v) is 5.59. The summed E-state index contributed by atoms with van der Waals surface area (Å²) in [6.07, 6.45) is 1.78. The van der Waals surface area contributed by atoms with Gasteiger partial charge in [0.05, 0.1) is 13.7 Å². The summed E-state index contributed by atoms with van der Waals surface area (Å²) in [5.74, 6) is 1.65. The van der Waals surface area contributed by atoms with E-state index in [0.29, 0.717) is 5.69 Å². The van der Waals surface area contributed by atoms with Crippen LogP contribution in [0.2, 0.25) is 0 Å². The number of hydrogen-bond donors (Lipinski definition) is 1. The molecule has 88 valence electrons. The van der Waals surface area contributed by atoms with Crippen molar-refractivity contribution in [3.63, 3.8) is 0 Å². The molecule has 2 aromatic rings. The Morgan fingerprint density at radius 2 is 2.29 bits per heavy atom.